The fourth-order valence-electron chi connectivity index (χ4n) is 2.57. The maximum atomic E-state index is 12.1. The van der Waals surface area contributed by atoms with Crippen molar-refractivity contribution in [2.24, 2.45) is 5.41 Å². The Balaban J connectivity index is 1.83. The predicted octanol–water partition coefficient (Wildman–Crippen LogP) is 3.06. The molecular formula is C14H24N4OS. The normalized spacial score (nSPS) is 17.7. The van der Waals surface area contributed by atoms with Crippen molar-refractivity contribution in [1.82, 2.24) is 15.5 Å². The van der Waals surface area contributed by atoms with Crippen LogP contribution in [0.5, 0.6) is 0 Å². The number of aromatic nitrogens is 2. The molecule has 0 aliphatic heterocycles. The minimum atomic E-state index is -0.0983. The Morgan fingerprint density at radius 1 is 1.30 bits per heavy atom. The van der Waals surface area contributed by atoms with E-state index in [0.717, 1.165) is 24.6 Å². The third-order valence-electron chi connectivity index (χ3n) is 3.88. The Morgan fingerprint density at radius 3 is 2.75 bits per heavy atom. The van der Waals surface area contributed by atoms with Crippen LogP contribution in [0.15, 0.2) is 0 Å². The first kappa shape index (κ1) is 15.2. The molecule has 2 N–H and O–H groups in total. The van der Waals surface area contributed by atoms with Crippen LogP contribution in [0.4, 0.5) is 5.13 Å². The van der Waals surface area contributed by atoms with E-state index in [4.69, 9.17) is 0 Å². The number of hydrogen-bond acceptors (Lipinski definition) is 5. The van der Waals surface area contributed by atoms with Gasteiger partial charge in [-0.15, -0.1) is 10.2 Å². The van der Waals surface area contributed by atoms with Gasteiger partial charge in [0.1, 0.15) is 0 Å². The number of anilines is 1. The lowest BCUT2D eigenvalue weighted by Gasteiger charge is -2.33. The Bertz CT molecular complexity index is 440. The number of carbonyl (C=O) groups excluding carboxylic acids is 1. The standard InChI is InChI=1S/C14H24N4OS/c1-3-9-15-13-18-17-12(20-13)11(19)16-10-14(2)7-5-4-6-8-14/h3-10H2,1-2H3,(H,15,18)(H,16,19). The molecule has 1 heterocycles. The molecule has 0 spiro atoms. The lowest BCUT2D eigenvalue weighted by molar-refractivity contribution is 0.0918. The summed E-state index contributed by atoms with van der Waals surface area (Å²) < 4.78 is 0. The molecule has 112 valence electrons. The summed E-state index contributed by atoms with van der Waals surface area (Å²) in [6, 6.07) is 0. The Kier molecular flexibility index (Phi) is 5.34. The van der Waals surface area contributed by atoms with Gasteiger partial charge in [0.2, 0.25) is 10.1 Å². The molecule has 0 bridgehead atoms. The average molecular weight is 296 g/mol. The van der Waals surface area contributed by atoms with Crippen LogP contribution in [0.3, 0.4) is 0 Å². The van der Waals surface area contributed by atoms with Crippen molar-refractivity contribution in [3.63, 3.8) is 0 Å². The quantitative estimate of drug-likeness (QED) is 0.846. The Labute approximate surface area is 124 Å². The third-order valence-corrected chi connectivity index (χ3v) is 4.76. The van der Waals surface area contributed by atoms with Crippen molar-refractivity contribution < 1.29 is 4.79 Å². The van der Waals surface area contributed by atoms with Crippen LogP contribution in [0.25, 0.3) is 0 Å². The molecule has 1 fully saturated rings. The van der Waals surface area contributed by atoms with Gasteiger partial charge < -0.3 is 10.6 Å². The maximum absolute atomic E-state index is 12.1. The summed E-state index contributed by atoms with van der Waals surface area (Å²) in [6.45, 7) is 5.95. The van der Waals surface area contributed by atoms with Gasteiger partial charge in [0.15, 0.2) is 0 Å². The molecule has 0 radical (unpaired) electrons. The first-order valence-electron chi connectivity index (χ1n) is 7.48. The average Bonchev–Trinajstić information content (AvgIpc) is 2.92. The van der Waals surface area contributed by atoms with E-state index in [0.29, 0.717) is 5.01 Å². The number of hydrogen-bond donors (Lipinski definition) is 2. The van der Waals surface area contributed by atoms with Crippen molar-refractivity contribution in [2.75, 3.05) is 18.4 Å². The number of rotatable bonds is 6. The smallest absolute Gasteiger partial charge is 0.282 e. The molecular weight excluding hydrogens is 272 g/mol. The Morgan fingerprint density at radius 2 is 2.05 bits per heavy atom. The van der Waals surface area contributed by atoms with Gasteiger partial charge in [-0.3, -0.25) is 4.79 Å². The second kappa shape index (κ2) is 7.02. The van der Waals surface area contributed by atoms with E-state index in [2.05, 4.69) is 34.7 Å². The molecule has 1 saturated carbocycles. The first-order valence-corrected chi connectivity index (χ1v) is 8.30. The van der Waals surface area contributed by atoms with E-state index < -0.39 is 0 Å². The van der Waals surface area contributed by atoms with Crippen LogP contribution >= 0.6 is 11.3 Å². The second-order valence-corrected chi connectivity index (χ2v) is 6.87. The fourth-order valence-corrected chi connectivity index (χ4v) is 3.26. The fraction of sp³-hybridized carbons (Fsp3) is 0.786. The molecule has 0 atom stereocenters. The van der Waals surface area contributed by atoms with Gasteiger partial charge in [-0.05, 0) is 24.7 Å². The lowest BCUT2D eigenvalue weighted by Crippen LogP contribution is -2.37. The zero-order chi connectivity index (χ0) is 14.4. The van der Waals surface area contributed by atoms with Gasteiger partial charge in [-0.25, -0.2) is 0 Å². The van der Waals surface area contributed by atoms with Crippen molar-refractivity contribution in [1.29, 1.82) is 0 Å². The minimum absolute atomic E-state index is 0.0983. The van der Waals surface area contributed by atoms with Crippen LogP contribution in [0.2, 0.25) is 0 Å². The van der Waals surface area contributed by atoms with Gasteiger partial charge in [-0.1, -0.05) is 44.4 Å². The van der Waals surface area contributed by atoms with Crippen LogP contribution in [-0.4, -0.2) is 29.2 Å². The second-order valence-electron chi connectivity index (χ2n) is 5.89. The molecule has 1 aliphatic carbocycles. The van der Waals surface area contributed by atoms with E-state index in [1.54, 1.807) is 0 Å². The number of nitrogens with one attached hydrogen (secondary N) is 2. The first-order chi connectivity index (χ1) is 9.63. The highest BCUT2D eigenvalue weighted by Crippen LogP contribution is 2.35. The predicted molar refractivity (Wildman–Crippen MR) is 82.2 cm³/mol. The van der Waals surface area contributed by atoms with Crippen molar-refractivity contribution in [3.05, 3.63) is 5.01 Å². The van der Waals surface area contributed by atoms with Gasteiger partial charge in [0.05, 0.1) is 0 Å². The van der Waals surface area contributed by atoms with E-state index in [1.165, 1.54) is 43.4 Å². The summed E-state index contributed by atoms with van der Waals surface area (Å²) in [5.74, 6) is -0.0983. The van der Waals surface area contributed by atoms with Crippen LogP contribution in [-0.2, 0) is 0 Å². The molecule has 20 heavy (non-hydrogen) atoms. The highest BCUT2D eigenvalue weighted by molar-refractivity contribution is 7.17. The zero-order valence-electron chi connectivity index (χ0n) is 12.4. The summed E-state index contributed by atoms with van der Waals surface area (Å²) in [4.78, 5) is 12.1. The minimum Gasteiger partial charge on any atom is -0.360 e. The molecule has 1 aromatic rings. The summed E-state index contributed by atoms with van der Waals surface area (Å²) in [6.07, 6.45) is 7.30. The van der Waals surface area contributed by atoms with E-state index in [9.17, 15) is 4.79 Å². The summed E-state index contributed by atoms with van der Waals surface area (Å²) >= 11 is 1.32. The van der Waals surface area contributed by atoms with Gasteiger partial charge in [0.25, 0.3) is 5.91 Å². The SMILES string of the molecule is CCCNc1nnc(C(=O)NCC2(C)CCCCC2)s1. The molecule has 1 aliphatic rings. The summed E-state index contributed by atoms with van der Waals surface area (Å²) in [5.41, 5.74) is 0.252. The van der Waals surface area contributed by atoms with Crippen molar-refractivity contribution in [2.45, 2.75) is 52.4 Å². The third kappa shape index (κ3) is 4.16. The van der Waals surface area contributed by atoms with Gasteiger partial charge in [0, 0.05) is 13.1 Å². The monoisotopic (exact) mass is 296 g/mol. The molecule has 1 aromatic heterocycles. The Hall–Kier alpha value is -1.17. The number of carbonyl (C=O) groups is 1. The summed E-state index contributed by atoms with van der Waals surface area (Å²) in [5, 5.41) is 15.3. The van der Waals surface area contributed by atoms with Crippen molar-refractivity contribution in [3.8, 4) is 0 Å². The topological polar surface area (TPSA) is 66.9 Å². The molecule has 2 rings (SSSR count). The molecule has 0 aromatic carbocycles. The molecule has 0 unspecified atom stereocenters. The molecule has 5 nitrogen and oxygen atoms in total. The van der Waals surface area contributed by atoms with Crippen molar-refractivity contribution >= 4 is 22.4 Å². The van der Waals surface area contributed by atoms with Crippen LogP contribution < -0.4 is 10.6 Å². The zero-order valence-corrected chi connectivity index (χ0v) is 13.2. The molecule has 0 saturated heterocycles. The lowest BCUT2D eigenvalue weighted by atomic mass is 9.76. The molecule has 1 amide bonds. The largest absolute Gasteiger partial charge is 0.360 e. The van der Waals surface area contributed by atoms with Gasteiger partial charge >= 0.3 is 0 Å². The summed E-state index contributed by atoms with van der Waals surface area (Å²) in [7, 11) is 0. The van der Waals surface area contributed by atoms with Crippen LogP contribution in [0, 0.1) is 5.41 Å². The highest BCUT2D eigenvalue weighted by atomic mass is 32.1. The number of nitrogens with zero attached hydrogens (tertiary/aromatic N) is 2. The molecule has 6 heteroatoms. The maximum Gasteiger partial charge on any atom is 0.282 e. The van der Waals surface area contributed by atoms with Gasteiger partial charge in [-0.2, -0.15) is 0 Å². The van der Waals surface area contributed by atoms with Crippen LogP contribution in [0.1, 0.15) is 62.2 Å². The van der Waals surface area contributed by atoms with E-state index >= 15 is 0 Å². The van der Waals surface area contributed by atoms with E-state index in [-0.39, 0.29) is 11.3 Å². The number of amides is 1. The highest BCUT2D eigenvalue weighted by Gasteiger charge is 2.27. The van der Waals surface area contributed by atoms with E-state index in [1.807, 2.05) is 0 Å².